The minimum Gasteiger partial charge on any atom is -0.504 e. The highest BCUT2D eigenvalue weighted by Gasteiger charge is 2.62. The van der Waals surface area contributed by atoms with Crippen LogP contribution in [-0.2, 0) is 28.7 Å². The van der Waals surface area contributed by atoms with Crippen LogP contribution in [-0.4, -0.2) is 136 Å². The summed E-state index contributed by atoms with van der Waals surface area (Å²) >= 11 is 6.09. The molecule has 2 aliphatic rings. The van der Waals surface area contributed by atoms with Crippen molar-refractivity contribution in [2.75, 3.05) is 23.4 Å². The Morgan fingerprint density at radius 1 is 1.14 bits per heavy atom. The quantitative estimate of drug-likeness (QED) is 0.175. The molecule has 1 aromatic carbocycles. The number of ether oxygens (including phenoxy) is 1. The molecule has 56 heavy (non-hydrogen) atoms. The number of amides is 2. The van der Waals surface area contributed by atoms with Crippen molar-refractivity contribution in [3.63, 3.8) is 0 Å². The second kappa shape index (κ2) is 14.3. The van der Waals surface area contributed by atoms with Crippen LogP contribution in [0.15, 0.2) is 35.4 Å². The van der Waals surface area contributed by atoms with E-state index >= 15 is 0 Å². The van der Waals surface area contributed by atoms with Crippen LogP contribution in [0.1, 0.15) is 46.6 Å². The van der Waals surface area contributed by atoms with E-state index in [9.17, 15) is 42.9 Å². The number of aryl methyl sites for hydroxylation is 1. The highest BCUT2D eigenvalue weighted by molar-refractivity contribution is 6.48. The van der Waals surface area contributed by atoms with Crippen molar-refractivity contribution in [1.29, 1.82) is 0 Å². The number of piperazine rings is 1. The summed E-state index contributed by atoms with van der Waals surface area (Å²) in [6.07, 6.45) is -2.02. The first-order valence-electron chi connectivity index (χ1n) is 16.5. The molecule has 25 heteroatoms. The van der Waals surface area contributed by atoms with Crippen molar-refractivity contribution in [3.8, 4) is 5.75 Å². The number of nitrogens with zero attached hydrogens (tertiary/aromatic N) is 8. The second-order valence-electron chi connectivity index (χ2n) is 12.9. The number of aromatic hydroxyl groups is 1. The average molecular weight is 783 g/mol. The third-order valence-corrected chi connectivity index (χ3v) is 9.64. The summed E-state index contributed by atoms with van der Waals surface area (Å²) in [5.74, 6) is -5.45. The molecule has 0 aliphatic carbocycles. The number of aromatic nitrogens is 6. The third-order valence-electron chi connectivity index (χ3n) is 9.32. The zero-order chi connectivity index (χ0) is 41.3. The summed E-state index contributed by atoms with van der Waals surface area (Å²) in [6, 6.07) is 2.28. The molecular weight excluding hydrogens is 757 g/mol. The predicted molar refractivity (Wildman–Crippen MR) is 197 cm³/mol. The normalized spacial score (nSPS) is 22.6. The van der Waals surface area contributed by atoms with Gasteiger partial charge >= 0.3 is 6.18 Å². The van der Waals surface area contributed by atoms with Crippen molar-refractivity contribution < 1.29 is 42.8 Å². The lowest BCUT2D eigenvalue weighted by Crippen LogP contribution is -2.88. The molecule has 2 aliphatic heterocycles. The molecule has 3 unspecified atom stereocenters. The molecule has 1 fully saturated rings. The van der Waals surface area contributed by atoms with Crippen LogP contribution >= 0.6 is 11.6 Å². The molecule has 4 N–H and O–H groups in total. The fourth-order valence-electron chi connectivity index (χ4n) is 6.40. The molecule has 0 saturated carbocycles. The van der Waals surface area contributed by atoms with Gasteiger partial charge in [0.05, 0.1) is 56.6 Å². The summed E-state index contributed by atoms with van der Waals surface area (Å²) in [7, 11) is 32.0. The minimum absolute atomic E-state index is 0.0294. The van der Waals surface area contributed by atoms with E-state index < -0.39 is 80.3 Å². The number of nitrogens with one attached hydrogen (secondary N) is 1. The van der Waals surface area contributed by atoms with Crippen LogP contribution < -0.4 is 15.8 Å². The summed E-state index contributed by atoms with van der Waals surface area (Å²) < 4.78 is 47.1. The van der Waals surface area contributed by atoms with Crippen LogP contribution in [0.25, 0.3) is 11.4 Å². The van der Waals surface area contributed by atoms with Gasteiger partial charge in [-0.2, -0.15) is 22.7 Å². The van der Waals surface area contributed by atoms with Crippen molar-refractivity contribution in [2.45, 2.75) is 61.9 Å². The van der Waals surface area contributed by atoms with E-state index in [1.165, 1.54) is 13.8 Å². The number of rotatable bonds is 7. The van der Waals surface area contributed by atoms with Crippen LogP contribution in [0.2, 0.25) is 5.02 Å². The molecule has 10 radical (unpaired) electrons. The summed E-state index contributed by atoms with van der Waals surface area (Å²) in [5, 5.41) is 37.8. The number of benzene rings is 1. The van der Waals surface area contributed by atoms with Gasteiger partial charge < -0.3 is 39.7 Å². The van der Waals surface area contributed by atoms with Crippen LogP contribution in [0.5, 0.6) is 5.75 Å². The first kappa shape index (κ1) is 40.9. The Kier molecular flexibility index (Phi) is 10.4. The topological polar surface area (TPSA) is 201 Å². The van der Waals surface area contributed by atoms with Crippen LogP contribution in [0, 0.1) is 6.92 Å². The molecule has 6 rings (SSSR count). The van der Waals surface area contributed by atoms with E-state index in [0.717, 1.165) is 21.5 Å². The Labute approximate surface area is 327 Å². The lowest BCUT2D eigenvalue weighted by Gasteiger charge is -2.67. The first-order valence-corrected chi connectivity index (χ1v) is 16.9. The third kappa shape index (κ3) is 6.64. The van der Waals surface area contributed by atoms with Gasteiger partial charge in [-0.05, 0) is 48.9 Å². The molecule has 0 spiro atoms. The Morgan fingerprint density at radius 3 is 2.45 bits per heavy atom. The Balaban J connectivity index is 1.53. The molecular formula is C31H26B5ClF3N9O7. The maximum Gasteiger partial charge on any atom is 0.416 e. The smallest absolute Gasteiger partial charge is 0.416 e. The number of hydrogen-bond donors (Lipinski definition) is 4. The van der Waals surface area contributed by atoms with Crippen LogP contribution in [0.3, 0.4) is 0 Å². The number of fused-ring (bicyclic) bond motifs is 1. The fourth-order valence-corrected chi connectivity index (χ4v) is 6.63. The first-order chi connectivity index (χ1) is 26.0. The van der Waals surface area contributed by atoms with E-state index in [4.69, 9.17) is 55.6 Å². The van der Waals surface area contributed by atoms with Gasteiger partial charge in [0.1, 0.15) is 53.3 Å². The van der Waals surface area contributed by atoms with E-state index in [2.05, 4.69) is 25.4 Å². The molecule has 16 nitrogen and oxygen atoms in total. The highest BCUT2D eigenvalue weighted by Crippen LogP contribution is 2.43. The number of hydrogen-bond acceptors (Lipinski definition) is 12. The van der Waals surface area contributed by atoms with E-state index in [-0.39, 0.29) is 46.6 Å². The average Bonchev–Trinajstić information content (AvgIpc) is 3.57. The summed E-state index contributed by atoms with van der Waals surface area (Å²) in [4.78, 5) is 54.6. The molecule has 0 bridgehead atoms. The van der Waals surface area contributed by atoms with Gasteiger partial charge in [-0.1, -0.05) is 24.6 Å². The Morgan fingerprint density at radius 2 is 1.84 bits per heavy atom. The lowest BCUT2D eigenvalue weighted by atomic mass is 9.45. The maximum atomic E-state index is 14.6. The molecule has 2 amide bonds. The number of aliphatic hydroxyl groups is 2. The van der Waals surface area contributed by atoms with Gasteiger partial charge in [-0.25, -0.2) is 9.97 Å². The second-order valence-corrected chi connectivity index (χ2v) is 13.3. The molecule has 4 aromatic rings. The van der Waals surface area contributed by atoms with Gasteiger partial charge in [0.25, 0.3) is 11.5 Å². The highest BCUT2D eigenvalue weighted by atomic mass is 35.5. The molecule has 1 saturated heterocycles. The molecule has 3 aromatic heterocycles. The molecule has 3 atom stereocenters. The zero-order valence-corrected chi connectivity index (χ0v) is 30.2. The Hall–Kier alpha value is -4.79. The Bertz CT molecular complexity index is 2360. The molecule has 280 valence electrons. The number of halogens is 4. The predicted octanol–water partition coefficient (Wildman–Crippen LogP) is -0.551. The van der Waals surface area contributed by atoms with E-state index in [0.29, 0.717) is 35.6 Å². The largest absolute Gasteiger partial charge is 0.504 e. The van der Waals surface area contributed by atoms with Gasteiger partial charge in [0, 0.05) is 5.94 Å². The van der Waals surface area contributed by atoms with Crippen molar-refractivity contribution in [3.05, 3.63) is 74.4 Å². The minimum atomic E-state index is -4.72. The zero-order valence-electron chi connectivity index (χ0n) is 29.5. The summed E-state index contributed by atoms with van der Waals surface area (Å²) in [6.45, 7) is 2.58. The van der Waals surface area contributed by atoms with E-state index in [1.807, 2.05) is 0 Å². The van der Waals surface area contributed by atoms with Crippen molar-refractivity contribution in [1.82, 2.24) is 34.0 Å². The van der Waals surface area contributed by atoms with Crippen molar-refractivity contribution >= 4 is 85.4 Å². The van der Waals surface area contributed by atoms with Gasteiger partial charge in [0.2, 0.25) is 11.7 Å². The number of carbonyl (C=O) groups excluding carboxylic acids is 2. The molecule has 5 heterocycles. The standard InChI is InChI=1S/C31H26B5ClF3N9O7/c1-3-18-21(49-28(33,34)26(32)47(30(35,54)31(49,36)55)24(52)20-22(51)13(2)41-12-42-20)25(53)48-27(44-23(45-48)14-6-8-56-9-7-14)46(18)11-19(50)43-17-5-4-15(10-16(17)37)29(38,39)40/h4-6,10,12,26,51,54-55H,3,7-9,11H2,1-2H3,(H,43,50). The lowest BCUT2D eigenvalue weighted by molar-refractivity contribution is -0.153. The summed E-state index contributed by atoms with van der Waals surface area (Å²) in [5.41, 5.74) is -10.6. The monoisotopic (exact) mass is 783 g/mol. The van der Waals surface area contributed by atoms with Gasteiger partial charge in [0.15, 0.2) is 17.3 Å². The van der Waals surface area contributed by atoms with E-state index in [1.54, 1.807) is 6.08 Å². The number of alkyl halides is 3. The number of anilines is 2. The van der Waals surface area contributed by atoms with Gasteiger partial charge in [-0.15, -0.1) is 5.10 Å². The van der Waals surface area contributed by atoms with Crippen molar-refractivity contribution in [2.24, 2.45) is 0 Å². The van der Waals surface area contributed by atoms with Crippen LogP contribution in [0.4, 0.5) is 24.5 Å². The number of carbonyl (C=O) groups is 2. The van der Waals surface area contributed by atoms with Gasteiger partial charge in [-0.3, -0.25) is 14.4 Å². The SMILES string of the molecule is [B]C1N(C(=O)c2ncnc(C)c2O)C([B])(O)C([B])(O)N(c2c(CC)n(CC(=O)Nc3ccc(C(F)(F)F)cc3Cl)c3nc(C4=CCOCC4)nn3c2=O)C1([B])[B]. The maximum absolute atomic E-state index is 14.6. The fraction of sp³-hybridized carbons (Fsp3) is 0.387.